The van der Waals surface area contributed by atoms with E-state index in [1.54, 1.807) is 24.3 Å². The predicted octanol–water partition coefficient (Wildman–Crippen LogP) is 3.22. The zero-order valence-electron chi connectivity index (χ0n) is 12.2. The summed E-state index contributed by atoms with van der Waals surface area (Å²) in [5.41, 5.74) is 0.720. The van der Waals surface area contributed by atoms with E-state index in [1.165, 1.54) is 18.2 Å². The lowest BCUT2D eigenvalue weighted by Crippen LogP contribution is -2.33. The molecule has 6 heteroatoms. The number of furan rings is 1. The quantitative estimate of drug-likeness (QED) is 0.796. The molecule has 2 aromatic rings. The molecule has 116 valence electrons. The smallest absolute Gasteiger partial charge is 0.351 e. The number of benzene rings is 1. The van der Waals surface area contributed by atoms with Crippen LogP contribution in [0.1, 0.15) is 5.76 Å². The molecular weight excluding hydrogens is 299 g/mol. The second-order valence-corrected chi connectivity index (χ2v) is 5.00. The van der Waals surface area contributed by atoms with Gasteiger partial charge >= 0.3 is 6.03 Å². The highest BCUT2D eigenvalue weighted by Crippen LogP contribution is 2.23. The maximum absolute atomic E-state index is 13.2. The minimum absolute atomic E-state index is 0.105. The van der Waals surface area contributed by atoms with Gasteiger partial charge in [0.1, 0.15) is 23.0 Å². The van der Waals surface area contributed by atoms with Crippen LogP contribution in [-0.4, -0.2) is 29.1 Å². The molecular formula is C17H13FN2O3. The molecule has 1 aliphatic heterocycles. The van der Waals surface area contributed by atoms with Crippen molar-refractivity contribution in [3.05, 3.63) is 60.6 Å². The second kappa shape index (κ2) is 6.00. The van der Waals surface area contributed by atoms with Crippen molar-refractivity contribution in [2.24, 2.45) is 4.99 Å². The third-order valence-electron chi connectivity index (χ3n) is 3.38. The third kappa shape index (κ3) is 2.96. The van der Waals surface area contributed by atoms with E-state index in [9.17, 15) is 14.0 Å². The Morgan fingerprint density at radius 3 is 2.83 bits per heavy atom. The van der Waals surface area contributed by atoms with Crippen LogP contribution in [-0.2, 0) is 11.2 Å². The molecule has 1 aliphatic rings. The number of hydrogen-bond donors (Lipinski definition) is 0. The first-order valence-electron chi connectivity index (χ1n) is 6.97. The summed E-state index contributed by atoms with van der Waals surface area (Å²) in [5.74, 6) is 0.157. The average Bonchev–Trinajstić information content (AvgIpc) is 3.09. The highest BCUT2D eigenvalue weighted by Gasteiger charge is 2.32. The number of urea groups is 1. The van der Waals surface area contributed by atoms with Gasteiger partial charge in [0.05, 0.1) is 6.42 Å². The molecule has 0 atom stereocenters. The summed E-state index contributed by atoms with van der Waals surface area (Å²) < 4.78 is 18.9. The number of rotatable bonds is 5. The first kappa shape index (κ1) is 14.9. The fourth-order valence-electron chi connectivity index (χ4n) is 2.31. The number of amides is 3. The van der Waals surface area contributed by atoms with Gasteiger partial charge in [0.25, 0.3) is 5.91 Å². The number of hydrogen-bond acceptors (Lipinski definition) is 3. The Morgan fingerprint density at radius 2 is 2.09 bits per heavy atom. The molecule has 0 saturated carbocycles. The molecule has 0 N–H and O–H groups in total. The zero-order chi connectivity index (χ0) is 16.4. The number of carbonyl (C=O) groups excluding carboxylic acids is 2. The van der Waals surface area contributed by atoms with Crippen LogP contribution in [0.4, 0.5) is 9.18 Å². The summed E-state index contributed by atoms with van der Waals surface area (Å²) in [6, 6.07) is 8.78. The van der Waals surface area contributed by atoms with Gasteiger partial charge in [-0.05, 0) is 24.3 Å². The summed E-state index contributed by atoms with van der Waals surface area (Å²) in [6.45, 7) is 3.62. The minimum Gasteiger partial charge on any atom is -0.461 e. The Morgan fingerprint density at radius 1 is 1.26 bits per heavy atom. The number of imide groups is 1. The van der Waals surface area contributed by atoms with Gasteiger partial charge in [0, 0.05) is 12.1 Å². The van der Waals surface area contributed by atoms with Crippen molar-refractivity contribution in [1.29, 1.82) is 0 Å². The number of halogens is 1. The van der Waals surface area contributed by atoms with Crippen LogP contribution in [0.5, 0.6) is 0 Å². The van der Waals surface area contributed by atoms with Crippen molar-refractivity contribution < 1.29 is 18.4 Å². The molecule has 0 radical (unpaired) electrons. The number of aliphatic imine (C=N–C) groups is 1. The summed E-state index contributed by atoms with van der Waals surface area (Å²) in [7, 11) is 0. The molecule has 3 amide bonds. The Hall–Kier alpha value is -3.02. The van der Waals surface area contributed by atoms with Crippen molar-refractivity contribution in [2.75, 3.05) is 6.54 Å². The standard InChI is InChI=1S/C17H13FN2O3/c1-2-8-20-16(21)14(19-17(20)22)10-13-6-7-15(23-13)11-4-3-5-12(18)9-11/h2-7,9H,1,8,10H2. The Labute approximate surface area is 131 Å². The normalized spacial score (nSPS) is 14.3. The average molecular weight is 312 g/mol. The van der Waals surface area contributed by atoms with E-state index in [1.807, 2.05) is 0 Å². The summed E-state index contributed by atoms with van der Waals surface area (Å²) in [5, 5.41) is 0. The van der Waals surface area contributed by atoms with E-state index in [0.717, 1.165) is 4.90 Å². The van der Waals surface area contributed by atoms with Crippen molar-refractivity contribution in [3.8, 4) is 11.3 Å². The van der Waals surface area contributed by atoms with Crippen molar-refractivity contribution in [2.45, 2.75) is 6.42 Å². The first-order valence-corrected chi connectivity index (χ1v) is 6.97. The summed E-state index contributed by atoms with van der Waals surface area (Å²) in [6.07, 6.45) is 1.57. The van der Waals surface area contributed by atoms with Crippen LogP contribution in [0.2, 0.25) is 0 Å². The first-order chi connectivity index (χ1) is 11.1. The van der Waals surface area contributed by atoms with Crippen LogP contribution in [0.15, 0.2) is 58.5 Å². The topological polar surface area (TPSA) is 62.9 Å². The molecule has 5 nitrogen and oxygen atoms in total. The minimum atomic E-state index is -0.596. The van der Waals surface area contributed by atoms with E-state index in [2.05, 4.69) is 11.6 Å². The molecule has 0 saturated heterocycles. The molecule has 0 bridgehead atoms. The maximum atomic E-state index is 13.2. The molecule has 0 aliphatic carbocycles. The lowest BCUT2D eigenvalue weighted by Gasteiger charge is -2.08. The van der Waals surface area contributed by atoms with Crippen LogP contribution < -0.4 is 0 Å². The zero-order valence-corrected chi connectivity index (χ0v) is 12.2. The number of nitrogens with zero attached hydrogens (tertiary/aromatic N) is 2. The van der Waals surface area contributed by atoms with Crippen LogP contribution >= 0.6 is 0 Å². The van der Waals surface area contributed by atoms with E-state index >= 15 is 0 Å². The monoisotopic (exact) mass is 312 g/mol. The van der Waals surface area contributed by atoms with Gasteiger partial charge in [0.2, 0.25) is 0 Å². The van der Waals surface area contributed by atoms with Gasteiger partial charge in [-0.3, -0.25) is 9.69 Å². The molecule has 0 unspecified atom stereocenters. The van der Waals surface area contributed by atoms with Crippen molar-refractivity contribution in [3.63, 3.8) is 0 Å². The molecule has 1 aromatic heterocycles. The van der Waals surface area contributed by atoms with Crippen molar-refractivity contribution >= 4 is 17.6 Å². The molecule has 3 rings (SSSR count). The summed E-state index contributed by atoms with van der Waals surface area (Å²) in [4.78, 5) is 28.5. The van der Waals surface area contributed by atoms with E-state index < -0.39 is 11.9 Å². The fourth-order valence-corrected chi connectivity index (χ4v) is 2.31. The van der Waals surface area contributed by atoms with Gasteiger partial charge in [-0.2, -0.15) is 4.99 Å². The highest BCUT2D eigenvalue weighted by molar-refractivity contribution is 6.46. The molecule has 23 heavy (non-hydrogen) atoms. The van der Waals surface area contributed by atoms with Crippen LogP contribution in [0.3, 0.4) is 0 Å². The Balaban J connectivity index is 1.78. The second-order valence-electron chi connectivity index (χ2n) is 5.00. The lowest BCUT2D eigenvalue weighted by molar-refractivity contribution is -0.120. The SMILES string of the molecule is C=CCN1C(=O)N=C(Cc2ccc(-c3cccc(F)c3)o2)C1=O. The van der Waals surface area contributed by atoms with E-state index in [0.29, 0.717) is 17.1 Å². The fraction of sp³-hybridized carbons (Fsp3) is 0.118. The Bertz CT molecular complexity index is 823. The predicted molar refractivity (Wildman–Crippen MR) is 82.5 cm³/mol. The van der Waals surface area contributed by atoms with Gasteiger partial charge in [-0.15, -0.1) is 6.58 Å². The number of carbonyl (C=O) groups is 2. The maximum Gasteiger partial charge on any atom is 0.351 e. The largest absolute Gasteiger partial charge is 0.461 e. The molecule has 1 aromatic carbocycles. The van der Waals surface area contributed by atoms with Gasteiger partial charge in [-0.1, -0.05) is 18.2 Å². The van der Waals surface area contributed by atoms with Crippen LogP contribution in [0, 0.1) is 5.82 Å². The molecule has 0 fully saturated rings. The summed E-state index contributed by atoms with van der Waals surface area (Å²) >= 11 is 0. The van der Waals surface area contributed by atoms with E-state index in [-0.39, 0.29) is 24.5 Å². The van der Waals surface area contributed by atoms with Gasteiger partial charge < -0.3 is 4.42 Å². The van der Waals surface area contributed by atoms with Gasteiger partial charge in [0.15, 0.2) is 0 Å². The molecule has 2 heterocycles. The lowest BCUT2D eigenvalue weighted by atomic mass is 10.2. The van der Waals surface area contributed by atoms with Crippen molar-refractivity contribution in [1.82, 2.24) is 4.90 Å². The Kier molecular flexibility index (Phi) is 3.89. The van der Waals surface area contributed by atoms with E-state index in [4.69, 9.17) is 4.42 Å². The molecule has 0 spiro atoms. The highest BCUT2D eigenvalue weighted by atomic mass is 19.1. The third-order valence-corrected chi connectivity index (χ3v) is 3.38. The van der Waals surface area contributed by atoms with Gasteiger partial charge in [-0.25, -0.2) is 9.18 Å². The van der Waals surface area contributed by atoms with Crippen LogP contribution in [0.25, 0.3) is 11.3 Å².